The Morgan fingerprint density at radius 1 is 1.40 bits per heavy atom. The molecule has 0 aliphatic heterocycles. The molecule has 0 aliphatic rings. The largest absolute Gasteiger partial charge is 0.545 e. The maximum atomic E-state index is 12.4. The van der Waals surface area contributed by atoms with Crippen molar-refractivity contribution in [1.29, 1.82) is 0 Å². The van der Waals surface area contributed by atoms with E-state index >= 15 is 0 Å². The molecule has 12 heteroatoms. The zero-order valence-electron chi connectivity index (χ0n) is 10.3. The minimum absolute atomic E-state index is 0.123. The lowest BCUT2D eigenvalue weighted by Crippen LogP contribution is -2.26. The Morgan fingerprint density at radius 2 is 2.00 bits per heavy atom. The van der Waals surface area contributed by atoms with Crippen LogP contribution in [0.15, 0.2) is 10.6 Å². The highest BCUT2D eigenvalue weighted by Gasteiger charge is 2.24. The van der Waals surface area contributed by atoms with Gasteiger partial charge in [0.25, 0.3) is 0 Å². The summed E-state index contributed by atoms with van der Waals surface area (Å²) in [5.41, 5.74) is 0. The molecule has 2 N–H and O–H groups in total. The van der Waals surface area contributed by atoms with Crippen LogP contribution in [0.4, 0.5) is 6.01 Å². The summed E-state index contributed by atoms with van der Waals surface area (Å²) < 4.78 is 22.4. The third kappa shape index (κ3) is 5.98. The van der Waals surface area contributed by atoms with Gasteiger partial charge in [0.2, 0.25) is 0 Å². The van der Waals surface area contributed by atoms with Gasteiger partial charge in [0.1, 0.15) is 6.61 Å². The lowest BCUT2D eigenvalue weighted by Gasteiger charge is -2.18. The van der Waals surface area contributed by atoms with E-state index in [4.69, 9.17) is 8.94 Å². The van der Waals surface area contributed by atoms with Gasteiger partial charge in [-0.25, -0.2) is 10.2 Å². The lowest BCUT2D eigenvalue weighted by atomic mass is 10.6. The first-order valence-electron chi connectivity index (χ1n) is 5.46. The quantitative estimate of drug-likeness (QED) is 0.248. The third-order valence-corrected chi connectivity index (χ3v) is 4.48. The van der Waals surface area contributed by atoms with Gasteiger partial charge < -0.3 is 14.5 Å². The Labute approximate surface area is 131 Å². The fourth-order valence-electron chi connectivity index (χ4n) is 1.13. The molecule has 1 rings (SSSR count). The number of aromatic nitrogens is 1. The van der Waals surface area contributed by atoms with Crippen molar-refractivity contribution in [2.75, 3.05) is 23.7 Å². The first-order chi connectivity index (χ1) is 9.50. The summed E-state index contributed by atoms with van der Waals surface area (Å²) in [5, 5.41) is 17.1. The second-order valence-electron chi connectivity index (χ2n) is 3.39. The molecule has 20 heavy (non-hydrogen) atoms. The number of nitrogens with one attached hydrogen (secondary N) is 2. The number of oxazole rings is 1. The highest BCUT2D eigenvalue weighted by atomic mass is 79.9. The summed E-state index contributed by atoms with van der Waals surface area (Å²) in [5.74, 6) is 0.123. The monoisotopic (exact) mass is 434 g/mol. The van der Waals surface area contributed by atoms with Gasteiger partial charge in [-0.2, -0.15) is 0 Å². The molecule has 0 saturated heterocycles. The maximum Gasteiger partial charge on any atom is 0.545 e. The van der Waals surface area contributed by atoms with Gasteiger partial charge in [0.05, 0.1) is 0 Å². The van der Waals surface area contributed by atoms with E-state index in [9.17, 15) is 14.7 Å². The molecule has 114 valence electrons. The summed E-state index contributed by atoms with van der Waals surface area (Å²) in [6.45, 7) is 0.676. The molecule has 0 aromatic carbocycles. The van der Waals surface area contributed by atoms with E-state index in [1.54, 1.807) is 0 Å². The van der Waals surface area contributed by atoms with E-state index < -0.39 is 18.6 Å². The number of nitrogens with zero attached hydrogens (tertiary/aromatic N) is 2. The van der Waals surface area contributed by atoms with E-state index in [0.29, 0.717) is 23.7 Å². The van der Waals surface area contributed by atoms with Gasteiger partial charge in [0, 0.05) is 28.7 Å². The Balaban J connectivity index is 2.59. The Bertz CT molecular complexity index is 473. The molecule has 0 amide bonds. The molecule has 1 heterocycles. The number of hydrogen-bond donors (Lipinski definition) is 2. The lowest BCUT2D eigenvalue weighted by molar-refractivity contribution is -0.407. The molecule has 9 nitrogen and oxygen atoms in total. The van der Waals surface area contributed by atoms with E-state index in [1.165, 1.54) is 0 Å². The molecule has 0 atom stereocenters. The van der Waals surface area contributed by atoms with Crippen LogP contribution in [0.25, 0.3) is 0 Å². The maximum absolute atomic E-state index is 12.4. The molecule has 0 fully saturated rings. The average Bonchev–Trinajstić information content (AvgIpc) is 2.90. The molecule has 1 aromatic rings. The minimum atomic E-state index is -3.25. The van der Waals surface area contributed by atoms with Crippen LogP contribution in [0.2, 0.25) is 0 Å². The van der Waals surface area contributed by atoms with Gasteiger partial charge in [-0.3, -0.25) is 9.09 Å². The SMILES string of the molecule is O=[N+]([O-])c1ncc(COP(=O)(NCCBr)NCCBr)o1. The summed E-state index contributed by atoms with van der Waals surface area (Å²) >= 11 is 6.41. The molecular formula is C8H13Br2N4O5P. The smallest absolute Gasteiger partial charge is 0.384 e. The van der Waals surface area contributed by atoms with Crippen molar-refractivity contribution in [2.24, 2.45) is 0 Å². The van der Waals surface area contributed by atoms with Crippen LogP contribution in [0, 0.1) is 10.1 Å². The Morgan fingerprint density at radius 3 is 2.45 bits per heavy atom. The third-order valence-electron chi connectivity index (χ3n) is 1.92. The highest BCUT2D eigenvalue weighted by Crippen LogP contribution is 2.38. The Kier molecular flexibility index (Phi) is 7.85. The molecule has 0 unspecified atom stereocenters. The first kappa shape index (κ1) is 17.7. The first-order valence-corrected chi connectivity index (χ1v) is 9.33. The molecule has 0 radical (unpaired) electrons. The van der Waals surface area contributed by atoms with E-state index in [1.807, 2.05) is 0 Å². The molecule has 0 saturated carbocycles. The summed E-state index contributed by atoms with van der Waals surface area (Å²) in [4.78, 5) is 13.1. The zero-order chi connectivity index (χ0) is 15.0. The van der Waals surface area contributed by atoms with Crippen molar-refractivity contribution in [3.8, 4) is 0 Å². The van der Waals surface area contributed by atoms with Crippen molar-refractivity contribution < 1.29 is 18.4 Å². The molecule has 0 spiro atoms. The van der Waals surface area contributed by atoms with Crippen molar-refractivity contribution in [3.63, 3.8) is 0 Å². The number of rotatable bonds is 10. The predicted octanol–water partition coefficient (Wildman–Crippen LogP) is 2.18. The second kappa shape index (κ2) is 8.85. The second-order valence-corrected chi connectivity index (χ2v) is 6.97. The molecule has 1 aromatic heterocycles. The van der Waals surface area contributed by atoms with Gasteiger partial charge in [-0.15, -0.1) is 0 Å². The van der Waals surface area contributed by atoms with Gasteiger partial charge in [0.15, 0.2) is 12.0 Å². The number of nitro groups is 1. The van der Waals surface area contributed by atoms with Crippen molar-refractivity contribution in [3.05, 3.63) is 22.1 Å². The topological polar surface area (TPSA) is 120 Å². The van der Waals surface area contributed by atoms with Crippen LogP contribution < -0.4 is 10.2 Å². The van der Waals surface area contributed by atoms with Crippen molar-refractivity contribution >= 4 is 45.5 Å². The van der Waals surface area contributed by atoms with E-state index in [2.05, 4.69) is 47.0 Å². The fourth-order valence-corrected chi connectivity index (χ4v) is 3.55. The Hall–Kier alpha value is -0.320. The van der Waals surface area contributed by atoms with E-state index in [0.717, 1.165) is 6.20 Å². The number of hydrogen-bond acceptors (Lipinski definition) is 6. The average molecular weight is 436 g/mol. The van der Waals surface area contributed by atoms with Crippen molar-refractivity contribution in [1.82, 2.24) is 15.2 Å². The van der Waals surface area contributed by atoms with E-state index in [-0.39, 0.29) is 12.4 Å². The standard InChI is InChI=1S/C8H13Br2N4O5P/c9-1-3-12-20(17,13-4-2-10)18-6-7-5-11-8(19-7)14(15)16/h5H,1-4,6H2,(H2,12,13,17). The number of halogens is 2. The predicted molar refractivity (Wildman–Crippen MR) is 79.1 cm³/mol. The van der Waals surface area contributed by atoms with Crippen LogP contribution in [-0.2, 0) is 15.7 Å². The van der Waals surface area contributed by atoms with Gasteiger partial charge >= 0.3 is 13.7 Å². The van der Waals surface area contributed by atoms with Crippen LogP contribution in [0.5, 0.6) is 0 Å². The molecule has 0 bridgehead atoms. The summed E-state index contributed by atoms with van der Waals surface area (Å²) in [6, 6.07) is -0.625. The number of alkyl halides is 2. The zero-order valence-corrected chi connectivity index (χ0v) is 14.3. The van der Waals surface area contributed by atoms with Crippen LogP contribution >= 0.6 is 39.5 Å². The van der Waals surface area contributed by atoms with Crippen molar-refractivity contribution in [2.45, 2.75) is 6.61 Å². The van der Waals surface area contributed by atoms with Crippen LogP contribution in [0.1, 0.15) is 5.76 Å². The summed E-state index contributed by atoms with van der Waals surface area (Å²) in [6.07, 6.45) is 1.16. The highest BCUT2D eigenvalue weighted by molar-refractivity contribution is 9.09. The fraction of sp³-hybridized carbons (Fsp3) is 0.625. The minimum Gasteiger partial charge on any atom is -0.384 e. The van der Waals surface area contributed by atoms with Crippen LogP contribution in [0.3, 0.4) is 0 Å². The normalized spacial score (nSPS) is 11.7. The molecule has 0 aliphatic carbocycles. The van der Waals surface area contributed by atoms with Gasteiger partial charge in [-0.05, 0) is 4.98 Å². The summed E-state index contributed by atoms with van der Waals surface area (Å²) in [7, 11) is -3.25. The molecular weight excluding hydrogens is 423 g/mol. The van der Waals surface area contributed by atoms with Crippen LogP contribution in [-0.4, -0.2) is 33.7 Å². The van der Waals surface area contributed by atoms with Gasteiger partial charge in [-0.1, -0.05) is 31.9 Å².